The molecule has 5 rings (SSSR count). The zero-order valence-electron chi connectivity index (χ0n) is 19.5. The summed E-state index contributed by atoms with van der Waals surface area (Å²) < 4.78 is 21.7. The molecule has 2 saturated heterocycles. The lowest BCUT2D eigenvalue weighted by Gasteiger charge is -2.27. The average molecular weight is 455 g/mol. The van der Waals surface area contributed by atoms with Crippen molar-refractivity contribution in [2.24, 2.45) is 5.92 Å². The van der Waals surface area contributed by atoms with Crippen LogP contribution in [-0.2, 0) is 11.2 Å². The van der Waals surface area contributed by atoms with E-state index in [1.807, 2.05) is 24.8 Å². The third kappa shape index (κ3) is 4.26. The van der Waals surface area contributed by atoms with Crippen molar-refractivity contribution in [2.75, 3.05) is 26.2 Å². The molecule has 2 aliphatic rings. The van der Waals surface area contributed by atoms with Crippen LogP contribution in [0.3, 0.4) is 0 Å². The Balaban J connectivity index is 1.27. The number of hydrogen-bond acceptors (Lipinski definition) is 6. The van der Waals surface area contributed by atoms with Gasteiger partial charge in [-0.05, 0) is 48.9 Å². The van der Waals surface area contributed by atoms with Crippen LogP contribution in [0.25, 0.3) is 16.9 Å². The fourth-order valence-electron chi connectivity index (χ4n) is 5.37. The number of nitrogens with zero attached hydrogens (tertiary/aromatic N) is 6. The third-order valence-corrected chi connectivity index (χ3v) is 6.96. The van der Waals surface area contributed by atoms with Crippen molar-refractivity contribution in [3.05, 3.63) is 35.6 Å². The number of para-hydroxylation sites is 1. The first kappa shape index (κ1) is 22.0. The molecule has 0 N–H and O–H groups in total. The summed E-state index contributed by atoms with van der Waals surface area (Å²) in [6.45, 7) is 9.51. The summed E-state index contributed by atoms with van der Waals surface area (Å²) in [5.41, 5.74) is 1.20. The van der Waals surface area contributed by atoms with Crippen LogP contribution in [0.1, 0.15) is 57.5 Å². The van der Waals surface area contributed by atoms with Crippen molar-refractivity contribution >= 4 is 16.8 Å². The standard InChI is InChI=1S/C24H31FN6O2/c1-15(2)22-19-7-4-8-20(25)23(19)31(27-22)24-26-21(33-28-24)12-17-9-11-29(13-17)14-18-6-5-10-30(18)16(3)32/h4,7-8,15,17-18H,5-6,9-14H2,1-3H3/t17-,18+/m0/s1. The first-order chi connectivity index (χ1) is 15.9. The highest BCUT2D eigenvalue weighted by Crippen LogP contribution is 2.29. The second-order valence-electron chi connectivity index (χ2n) is 9.70. The molecule has 176 valence electrons. The zero-order valence-corrected chi connectivity index (χ0v) is 19.5. The van der Waals surface area contributed by atoms with E-state index in [0.717, 1.165) is 56.5 Å². The van der Waals surface area contributed by atoms with Gasteiger partial charge in [0.1, 0.15) is 11.3 Å². The average Bonchev–Trinajstić information content (AvgIpc) is 3.54. The molecule has 9 heteroatoms. The summed E-state index contributed by atoms with van der Waals surface area (Å²) in [5.74, 6) is 1.21. The second-order valence-corrected chi connectivity index (χ2v) is 9.70. The summed E-state index contributed by atoms with van der Waals surface area (Å²) in [6.07, 6.45) is 3.92. The zero-order chi connectivity index (χ0) is 23.1. The van der Waals surface area contributed by atoms with Crippen LogP contribution in [0, 0.1) is 11.7 Å². The van der Waals surface area contributed by atoms with Crippen molar-refractivity contribution in [2.45, 2.75) is 58.4 Å². The Hall–Kier alpha value is -2.81. The highest BCUT2D eigenvalue weighted by Gasteiger charge is 2.32. The molecule has 2 fully saturated rings. The number of hydrogen-bond donors (Lipinski definition) is 0. The van der Waals surface area contributed by atoms with Crippen molar-refractivity contribution in [3.8, 4) is 5.95 Å². The van der Waals surface area contributed by atoms with Gasteiger partial charge in [-0.1, -0.05) is 26.0 Å². The smallest absolute Gasteiger partial charge is 0.291 e. The molecular weight excluding hydrogens is 423 g/mol. The number of halogens is 1. The van der Waals surface area contributed by atoms with Gasteiger partial charge in [0, 0.05) is 44.4 Å². The summed E-state index contributed by atoms with van der Waals surface area (Å²) in [6, 6.07) is 5.33. The third-order valence-electron chi connectivity index (χ3n) is 6.96. The van der Waals surface area contributed by atoms with Crippen LogP contribution >= 0.6 is 0 Å². The van der Waals surface area contributed by atoms with E-state index < -0.39 is 0 Å². The minimum absolute atomic E-state index is 0.144. The van der Waals surface area contributed by atoms with Crippen molar-refractivity contribution in [3.63, 3.8) is 0 Å². The molecule has 33 heavy (non-hydrogen) atoms. The number of carbonyl (C=O) groups excluding carboxylic acids is 1. The first-order valence-electron chi connectivity index (χ1n) is 11.9. The van der Waals surface area contributed by atoms with E-state index in [2.05, 4.69) is 20.1 Å². The molecule has 2 aliphatic heterocycles. The molecule has 1 aromatic carbocycles. The maximum atomic E-state index is 14.7. The van der Waals surface area contributed by atoms with Crippen LogP contribution in [0.15, 0.2) is 22.7 Å². The molecule has 2 atom stereocenters. The van der Waals surface area contributed by atoms with Crippen molar-refractivity contribution in [1.82, 2.24) is 29.7 Å². The van der Waals surface area contributed by atoms with Gasteiger partial charge in [-0.2, -0.15) is 14.8 Å². The number of amides is 1. The number of fused-ring (bicyclic) bond motifs is 1. The number of benzene rings is 1. The fourth-order valence-corrected chi connectivity index (χ4v) is 5.37. The number of rotatable bonds is 6. The molecule has 0 radical (unpaired) electrons. The Kier molecular flexibility index (Phi) is 5.90. The monoisotopic (exact) mass is 454 g/mol. The second kappa shape index (κ2) is 8.85. The number of carbonyl (C=O) groups is 1. The highest BCUT2D eigenvalue weighted by molar-refractivity contribution is 5.84. The van der Waals surface area contributed by atoms with Crippen molar-refractivity contribution < 1.29 is 13.7 Å². The fraction of sp³-hybridized carbons (Fsp3) is 0.583. The Labute approximate surface area is 192 Å². The van der Waals surface area contributed by atoms with E-state index in [0.29, 0.717) is 29.8 Å². The predicted octanol–water partition coefficient (Wildman–Crippen LogP) is 3.55. The molecule has 0 unspecified atom stereocenters. The van der Waals surface area contributed by atoms with Crippen LogP contribution in [-0.4, -0.2) is 67.8 Å². The summed E-state index contributed by atoms with van der Waals surface area (Å²) in [7, 11) is 0. The maximum absolute atomic E-state index is 14.7. The lowest BCUT2D eigenvalue weighted by atomic mass is 10.1. The normalized spacial score (nSPS) is 21.7. The lowest BCUT2D eigenvalue weighted by Crippen LogP contribution is -2.41. The topological polar surface area (TPSA) is 80.3 Å². The summed E-state index contributed by atoms with van der Waals surface area (Å²) >= 11 is 0. The molecule has 0 aliphatic carbocycles. The van der Waals surface area contributed by atoms with E-state index in [1.54, 1.807) is 13.0 Å². The number of likely N-dealkylation sites (tertiary alicyclic amines) is 2. The van der Waals surface area contributed by atoms with Crippen LogP contribution in [0.5, 0.6) is 0 Å². The minimum Gasteiger partial charge on any atom is -0.339 e. The van der Waals surface area contributed by atoms with Gasteiger partial charge < -0.3 is 14.3 Å². The van der Waals surface area contributed by atoms with Crippen LogP contribution in [0.4, 0.5) is 4.39 Å². The van der Waals surface area contributed by atoms with E-state index >= 15 is 0 Å². The highest BCUT2D eigenvalue weighted by atomic mass is 19.1. The number of aromatic nitrogens is 4. The van der Waals surface area contributed by atoms with Gasteiger partial charge in [0.15, 0.2) is 0 Å². The Bertz CT molecular complexity index is 1160. The molecule has 8 nitrogen and oxygen atoms in total. The SMILES string of the molecule is CC(=O)N1CCC[C@@H]1CN1CC[C@@H](Cc2nc(-n3nc(C(C)C)c4cccc(F)c43)no2)C1. The van der Waals surface area contributed by atoms with E-state index in [9.17, 15) is 9.18 Å². The van der Waals surface area contributed by atoms with Gasteiger partial charge in [0.25, 0.3) is 5.95 Å². The van der Waals surface area contributed by atoms with Gasteiger partial charge in [-0.25, -0.2) is 4.39 Å². The van der Waals surface area contributed by atoms with Crippen molar-refractivity contribution in [1.29, 1.82) is 0 Å². The predicted molar refractivity (Wildman–Crippen MR) is 122 cm³/mol. The molecule has 3 aromatic rings. The van der Waals surface area contributed by atoms with Gasteiger partial charge in [-0.3, -0.25) is 4.79 Å². The lowest BCUT2D eigenvalue weighted by molar-refractivity contribution is -0.129. The molecule has 0 bridgehead atoms. The Morgan fingerprint density at radius 3 is 2.91 bits per heavy atom. The van der Waals surface area contributed by atoms with Gasteiger partial charge in [0.05, 0.1) is 5.69 Å². The van der Waals surface area contributed by atoms with E-state index in [4.69, 9.17) is 4.52 Å². The van der Waals surface area contributed by atoms with E-state index in [1.165, 1.54) is 10.7 Å². The molecule has 1 amide bonds. The summed E-state index contributed by atoms with van der Waals surface area (Å²) in [5, 5.41) is 9.49. The molecule has 0 saturated carbocycles. The largest absolute Gasteiger partial charge is 0.339 e. The molecular formula is C24H31FN6O2. The Morgan fingerprint density at radius 1 is 1.27 bits per heavy atom. The molecule has 0 spiro atoms. The van der Waals surface area contributed by atoms with Crippen LogP contribution < -0.4 is 0 Å². The minimum atomic E-state index is -0.351. The molecule has 4 heterocycles. The first-order valence-corrected chi connectivity index (χ1v) is 11.9. The molecule has 2 aromatic heterocycles. The summed E-state index contributed by atoms with van der Waals surface area (Å²) in [4.78, 5) is 20.9. The van der Waals surface area contributed by atoms with Gasteiger partial charge >= 0.3 is 0 Å². The van der Waals surface area contributed by atoms with Gasteiger partial charge in [-0.15, -0.1) is 0 Å². The van der Waals surface area contributed by atoms with Gasteiger partial charge in [0.2, 0.25) is 11.8 Å². The Morgan fingerprint density at radius 2 is 2.12 bits per heavy atom. The van der Waals surface area contributed by atoms with E-state index in [-0.39, 0.29) is 23.6 Å². The maximum Gasteiger partial charge on any atom is 0.291 e. The van der Waals surface area contributed by atoms with Crippen LogP contribution in [0.2, 0.25) is 0 Å². The quantitative estimate of drug-likeness (QED) is 0.567.